The van der Waals surface area contributed by atoms with E-state index in [2.05, 4.69) is 15.1 Å². The number of fused-ring (bicyclic) bond motifs is 1. The maximum Gasteiger partial charge on any atom is 0.378 e. The van der Waals surface area contributed by atoms with Crippen molar-refractivity contribution in [1.82, 2.24) is 19.6 Å². The lowest BCUT2D eigenvalue weighted by Crippen LogP contribution is -2.10. The van der Waals surface area contributed by atoms with Gasteiger partial charge < -0.3 is 4.74 Å². The highest BCUT2D eigenvalue weighted by Crippen LogP contribution is 2.20. The number of benzene rings is 1. The van der Waals surface area contributed by atoms with E-state index >= 15 is 0 Å². The Bertz CT molecular complexity index is 852. The van der Waals surface area contributed by atoms with Gasteiger partial charge in [0.15, 0.2) is 0 Å². The molecule has 0 aliphatic rings. The SMILES string of the molecule is Cc1ccnc2nc(C(=O)OCCSc3ccccc3F)nn12. The molecule has 0 aliphatic heterocycles. The molecule has 23 heavy (non-hydrogen) atoms. The summed E-state index contributed by atoms with van der Waals surface area (Å²) in [7, 11) is 0. The zero-order valence-corrected chi connectivity index (χ0v) is 13.1. The molecule has 2 aromatic heterocycles. The lowest BCUT2D eigenvalue weighted by molar-refractivity contribution is 0.0516. The molecule has 0 saturated carbocycles. The summed E-state index contributed by atoms with van der Waals surface area (Å²) >= 11 is 1.28. The summed E-state index contributed by atoms with van der Waals surface area (Å²) in [6.07, 6.45) is 1.60. The number of carbonyl (C=O) groups excluding carboxylic acids is 1. The molecular formula is C15H13FN4O2S. The number of hydrogen-bond acceptors (Lipinski definition) is 6. The van der Waals surface area contributed by atoms with E-state index in [1.165, 1.54) is 22.3 Å². The Morgan fingerprint density at radius 2 is 2.17 bits per heavy atom. The molecule has 118 valence electrons. The second kappa shape index (κ2) is 6.74. The fourth-order valence-corrected chi connectivity index (χ4v) is 2.67. The Morgan fingerprint density at radius 3 is 2.96 bits per heavy atom. The summed E-state index contributed by atoms with van der Waals surface area (Å²) in [6.45, 7) is 1.98. The van der Waals surface area contributed by atoms with Crippen molar-refractivity contribution >= 4 is 23.5 Å². The summed E-state index contributed by atoms with van der Waals surface area (Å²) in [5.41, 5.74) is 0.816. The van der Waals surface area contributed by atoms with Gasteiger partial charge in [-0.25, -0.2) is 18.7 Å². The second-order valence-electron chi connectivity index (χ2n) is 4.65. The molecule has 2 heterocycles. The van der Waals surface area contributed by atoms with E-state index in [9.17, 15) is 9.18 Å². The number of aryl methyl sites for hydroxylation is 1. The maximum absolute atomic E-state index is 13.4. The molecule has 6 nitrogen and oxygen atoms in total. The minimum Gasteiger partial charge on any atom is -0.459 e. The van der Waals surface area contributed by atoms with Gasteiger partial charge in [0.05, 0.1) is 0 Å². The number of aromatic nitrogens is 4. The van der Waals surface area contributed by atoms with Gasteiger partial charge in [0.25, 0.3) is 11.6 Å². The van der Waals surface area contributed by atoms with Crippen molar-refractivity contribution in [3.8, 4) is 0 Å². The highest BCUT2D eigenvalue weighted by molar-refractivity contribution is 7.99. The minimum atomic E-state index is -0.621. The van der Waals surface area contributed by atoms with Crippen molar-refractivity contribution in [2.24, 2.45) is 0 Å². The summed E-state index contributed by atoms with van der Waals surface area (Å²) in [6, 6.07) is 8.23. The van der Waals surface area contributed by atoms with E-state index in [1.807, 2.05) is 6.92 Å². The number of esters is 1. The van der Waals surface area contributed by atoms with E-state index < -0.39 is 5.97 Å². The number of thioether (sulfide) groups is 1. The third kappa shape index (κ3) is 3.48. The molecule has 0 unspecified atom stereocenters. The third-order valence-corrected chi connectivity index (χ3v) is 4.04. The average Bonchev–Trinajstić information content (AvgIpc) is 2.99. The lowest BCUT2D eigenvalue weighted by Gasteiger charge is -2.03. The summed E-state index contributed by atoms with van der Waals surface area (Å²) in [4.78, 5) is 20.5. The molecule has 8 heteroatoms. The van der Waals surface area contributed by atoms with Crippen molar-refractivity contribution in [3.05, 3.63) is 53.9 Å². The fraction of sp³-hybridized carbons (Fsp3) is 0.200. The molecule has 0 saturated heterocycles. The van der Waals surface area contributed by atoms with E-state index in [-0.39, 0.29) is 18.2 Å². The number of carbonyl (C=O) groups is 1. The van der Waals surface area contributed by atoms with Crippen molar-refractivity contribution in [2.75, 3.05) is 12.4 Å². The van der Waals surface area contributed by atoms with Crippen LogP contribution in [-0.4, -0.2) is 37.9 Å². The Balaban J connectivity index is 1.56. The minimum absolute atomic E-state index is 0.0392. The second-order valence-corrected chi connectivity index (χ2v) is 5.78. The van der Waals surface area contributed by atoms with Gasteiger partial charge in [-0.05, 0) is 25.1 Å². The Labute approximate surface area is 135 Å². The van der Waals surface area contributed by atoms with Crippen LogP contribution in [0, 0.1) is 12.7 Å². The van der Waals surface area contributed by atoms with Gasteiger partial charge in [-0.2, -0.15) is 4.98 Å². The van der Waals surface area contributed by atoms with Crippen molar-refractivity contribution in [2.45, 2.75) is 11.8 Å². The molecule has 0 aliphatic carbocycles. The van der Waals surface area contributed by atoms with Crippen molar-refractivity contribution in [3.63, 3.8) is 0 Å². The molecule has 3 rings (SSSR count). The van der Waals surface area contributed by atoms with Gasteiger partial charge in [0.1, 0.15) is 12.4 Å². The highest BCUT2D eigenvalue weighted by Gasteiger charge is 2.15. The van der Waals surface area contributed by atoms with Crippen LogP contribution in [0.4, 0.5) is 4.39 Å². The first kappa shape index (κ1) is 15.4. The molecule has 3 aromatic rings. The Morgan fingerprint density at radius 1 is 1.35 bits per heavy atom. The van der Waals surface area contributed by atoms with Gasteiger partial charge in [-0.3, -0.25) is 0 Å². The van der Waals surface area contributed by atoms with E-state index in [0.29, 0.717) is 16.4 Å². The smallest absolute Gasteiger partial charge is 0.378 e. The number of hydrogen-bond donors (Lipinski definition) is 0. The largest absolute Gasteiger partial charge is 0.459 e. The molecular weight excluding hydrogens is 319 g/mol. The van der Waals surface area contributed by atoms with E-state index in [4.69, 9.17) is 4.74 Å². The van der Waals surface area contributed by atoms with Gasteiger partial charge >= 0.3 is 5.97 Å². The molecule has 0 atom stereocenters. The predicted octanol–water partition coefficient (Wildman–Crippen LogP) is 2.52. The van der Waals surface area contributed by atoms with Crippen LogP contribution < -0.4 is 0 Å². The quantitative estimate of drug-likeness (QED) is 0.406. The third-order valence-electron chi connectivity index (χ3n) is 3.02. The number of nitrogens with zero attached hydrogens (tertiary/aromatic N) is 4. The van der Waals surface area contributed by atoms with Crippen LogP contribution in [0.15, 0.2) is 41.4 Å². The maximum atomic E-state index is 13.4. The topological polar surface area (TPSA) is 69.4 Å². The standard InChI is InChI=1S/C15H13FN4O2S/c1-10-6-7-17-15-18-13(19-20(10)15)14(21)22-8-9-23-12-5-3-2-4-11(12)16/h2-7H,8-9H2,1H3. The zero-order valence-electron chi connectivity index (χ0n) is 12.3. The fourth-order valence-electron chi connectivity index (χ4n) is 1.91. The molecule has 0 bridgehead atoms. The van der Waals surface area contributed by atoms with Crippen LogP contribution in [0.2, 0.25) is 0 Å². The molecule has 0 radical (unpaired) electrons. The van der Waals surface area contributed by atoms with Crippen LogP contribution in [-0.2, 0) is 4.74 Å². The van der Waals surface area contributed by atoms with Gasteiger partial charge in [0, 0.05) is 22.5 Å². The van der Waals surface area contributed by atoms with E-state index in [1.54, 1.807) is 30.5 Å². The van der Waals surface area contributed by atoms with Crippen LogP contribution in [0.5, 0.6) is 0 Å². The van der Waals surface area contributed by atoms with Crippen molar-refractivity contribution in [1.29, 1.82) is 0 Å². The van der Waals surface area contributed by atoms with Gasteiger partial charge in [0.2, 0.25) is 0 Å². The zero-order chi connectivity index (χ0) is 16.2. The first-order valence-corrected chi connectivity index (χ1v) is 7.86. The number of rotatable bonds is 5. The number of ether oxygens (including phenoxy) is 1. The number of halogens is 1. The van der Waals surface area contributed by atoms with Gasteiger partial charge in [-0.1, -0.05) is 12.1 Å². The first-order valence-electron chi connectivity index (χ1n) is 6.88. The lowest BCUT2D eigenvalue weighted by atomic mass is 10.3. The van der Waals surface area contributed by atoms with Gasteiger partial charge in [-0.15, -0.1) is 16.9 Å². The average molecular weight is 332 g/mol. The first-order chi connectivity index (χ1) is 11.1. The molecule has 0 N–H and O–H groups in total. The van der Waals surface area contributed by atoms with E-state index in [0.717, 1.165) is 5.69 Å². The normalized spacial score (nSPS) is 10.9. The van der Waals surface area contributed by atoms with Crippen LogP contribution in [0.3, 0.4) is 0 Å². The van der Waals surface area contributed by atoms with Crippen LogP contribution in [0.1, 0.15) is 16.3 Å². The Kier molecular flexibility index (Phi) is 4.52. The van der Waals surface area contributed by atoms with Crippen molar-refractivity contribution < 1.29 is 13.9 Å². The van der Waals surface area contributed by atoms with Crippen LogP contribution in [0.25, 0.3) is 5.78 Å². The summed E-state index contributed by atoms with van der Waals surface area (Å²) < 4.78 is 20.0. The summed E-state index contributed by atoms with van der Waals surface area (Å²) in [5, 5.41) is 4.06. The summed E-state index contributed by atoms with van der Waals surface area (Å²) in [5.74, 6) is -0.158. The van der Waals surface area contributed by atoms with Crippen LogP contribution >= 0.6 is 11.8 Å². The molecule has 1 aromatic carbocycles. The Hall–Kier alpha value is -2.48. The monoisotopic (exact) mass is 332 g/mol. The molecule has 0 fully saturated rings. The molecule has 0 spiro atoms. The predicted molar refractivity (Wildman–Crippen MR) is 82.9 cm³/mol. The highest BCUT2D eigenvalue weighted by atomic mass is 32.2. The molecule has 0 amide bonds.